The minimum absolute atomic E-state index is 0.250. The molecule has 0 amide bonds. The van der Waals surface area contributed by atoms with Crippen LogP contribution in [0.3, 0.4) is 0 Å². The number of anilines is 1. The fraction of sp³-hybridized carbons (Fsp3) is 0.118. The second-order valence-corrected chi connectivity index (χ2v) is 4.86. The molecule has 0 aromatic heterocycles. The first kappa shape index (κ1) is 14.8. The van der Waals surface area contributed by atoms with Crippen molar-refractivity contribution in [2.45, 2.75) is 13.5 Å². The van der Waals surface area contributed by atoms with Crippen molar-refractivity contribution in [3.63, 3.8) is 0 Å². The van der Waals surface area contributed by atoms with Crippen molar-refractivity contribution in [2.75, 3.05) is 5.73 Å². The van der Waals surface area contributed by atoms with Gasteiger partial charge in [-0.05, 0) is 35.7 Å². The third-order valence-electron chi connectivity index (χ3n) is 3.39. The van der Waals surface area contributed by atoms with Gasteiger partial charge >= 0.3 is 0 Å². The SMILES string of the molecule is C=C(NCc1cccc(N)c1C=N)c1ccc(C)c(F)c1. The van der Waals surface area contributed by atoms with E-state index in [2.05, 4.69) is 11.9 Å². The van der Waals surface area contributed by atoms with Crippen LogP contribution in [-0.2, 0) is 6.54 Å². The Bertz CT molecular complexity index is 692. The number of hydrogen-bond acceptors (Lipinski definition) is 3. The van der Waals surface area contributed by atoms with Crippen LogP contribution in [0.25, 0.3) is 5.70 Å². The van der Waals surface area contributed by atoms with Gasteiger partial charge in [-0.15, -0.1) is 0 Å². The molecule has 4 N–H and O–H groups in total. The Balaban J connectivity index is 2.13. The molecule has 0 atom stereocenters. The first-order valence-corrected chi connectivity index (χ1v) is 6.60. The van der Waals surface area contributed by atoms with Crippen LogP contribution in [0.5, 0.6) is 0 Å². The molecule has 0 fully saturated rings. The van der Waals surface area contributed by atoms with E-state index in [9.17, 15) is 4.39 Å². The maximum Gasteiger partial charge on any atom is 0.126 e. The van der Waals surface area contributed by atoms with Crippen LogP contribution in [0, 0.1) is 18.2 Å². The van der Waals surface area contributed by atoms with E-state index in [-0.39, 0.29) is 5.82 Å². The molecule has 4 heteroatoms. The lowest BCUT2D eigenvalue weighted by Crippen LogP contribution is -2.13. The van der Waals surface area contributed by atoms with E-state index < -0.39 is 0 Å². The van der Waals surface area contributed by atoms with Crippen LogP contribution in [0.15, 0.2) is 43.0 Å². The molecule has 0 radical (unpaired) electrons. The number of nitrogens with two attached hydrogens (primary N) is 1. The Morgan fingerprint density at radius 3 is 2.81 bits per heavy atom. The Hall–Kier alpha value is -2.62. The molecular weight excluding hydrogens is 265 g/mol. The fourth-order valence-corrected chi connectivity index (χ4v) is 2.05. The number of hydrogen-bond donors (Lipinski definition) is 3. The molecule has 0 unspecified atom stereocenters. The molecule has 21 heavy (non-hydrogen) atoms. The monoisotopic (exact) mass is 283 g/mol. The van der Waals surface area contributed by atoms with E-state index in [1.807, 2.05) is 18.2 Å². The number of aryl methyl sites for hydroxylation is 1. The van der Waals surface area contributed by atoms with Gasteiger partial charge in [0.15, 0.2) is 0 Å². The van der Waals surface area contributed by atoms with Crippen molar-refractivity contribution in [3.8, 4) is 0 Å². The van der Waals surface area contributed by atoms with E-state index in [0.29, 0.717) is 34.6 Å². The van der Waals surface area contributed by atoms with E-state index in [0.717, 1.165) is 5.56 Å². The molecule has 0 saturated heterocycles. The summed E-state index contributed by atoms with van der Waals surface area (Å²) in [5, 5.41) is 10.6. The molecule has 2 aromatic carbocycles. The fourth-order valence-electron chi connectivity index (χ4n) is 2.05. The molecule has 3 nitrogen and oxygen atoms in total. The highest BCUT2D eigenvalue weighted by Gasteiger charge is 2.06. The van der Waals surface area contributed by atoms with Gasteiger partial charge in [-0.3, -0.25) is 0 Å². The standard InChI is InChI=1S/C17H18FN3/c1-11-6-7-13(8-16(11)18)12(2)21-10-14-4-3-5-17(20)15(14)9-19/h3-9,19,21H,2,10,20H2,1H3. The smallest absolute Gasteiger partial charge is 0.126 e. The van der Waals surface area contributed by atoms with Gasteiger partial charge in [0.25, 0.3) is 0 Å². The average molecular weight is 283 g/mol. The minimum Gasteiger partial charge on any atom is -0.398 e. The van der Waals surface area contributed by atoms with Gasteiger partial charge < -0.3 is 16.5 Å². The molecule has 0 aliphatic heterocycles. The molecule has 0 aliphatic carbocycles. The van der Waals surface area contributed by atoms with Crippen LogP contribution in [0.1, 0.15) is 22.3 Å². The summed E-state index contributed by atoms with van der Waals surface area (Å²) in [5.74, 6) is -0.250. The zero-order valence-electron chi connectivity index (χ0n) is 11.9. The lowest BCUT2D eigenvalue weighted by Gasteiger charge is -2.13. The zero-order chi connectivity index (χ0) is 15.4. The van der Waals surface area contributed by atoms with Gasteiger partial charge in [-0.1, -0.05) is 30.8 Å². The van der Waals surface area contributed by atoms with Crippen molar-refractivity contribution in [3.05, 3.63) is 71.0 Å². The van der Waals surface area contributed by atoms with Crippen LogP contribution >= 0.6 is 0 Å². The molecule has 0 saturated carbocycles. The quantitative estimate of drug-likeness (QED) is 0.581. The molecule has 2 aromatic rings. The summed E-state index contributed by atoms with van der Waals surface area (Å²) >= 11 is 0. The molecule has 0 spiro atoms. The van der Waals surface area contributed by atoms with Gasteiger partial charge in [0.05, 0.1) is 0 Å². The van der Waals surface area contributed by atoms with Crippen LogP contribution in [0.4, 0.5) is 10.1 Å². The van der Waals surface area contributed by atoms with Crippen molar-refractivity contribution in [1.82, 2.24) is 5.32 Å². The van der Waals surface area contributed by atoms with Crippen molar-refractivity contribution in [2.24, 2.45) is 0 Å². The van der Waals surface area contributed by atoms with E-state index in [1.54, 1.807) is 19.1 Å². The molecule has 0 heterocycles. The van der Waals surface area contributed by atoms with Gasteiger partial charge in [0, 0.05) is 29.7 Å². The van der Waals surface area contributed by atoms with Crippen LogP contribution in [0.2, 0.25) is 0 Å². The minimum atomic E-state index is -0.250. The van der Waals surface area contributed by atoms with Crippen molar-refractivity contribution >= 4 is 17.6 Å². The van der Waals surface area contributed by atoms with Crippen LogP contribution in [-0.4, -0.2) is 6.21 Å². The number of benzene rings is 2. The molecule has 2 rings (SSSR count). The Morgan fingerprint density at radius 2 is 2.14 bits per heavy atom. The second kappa shape index (κ2) is 6.22. The van der Waals surface area contributed by atoms with Crippen molar-refractivity contribution < 1.29 is 4.39 Å². The topological polar surface area (TPSA) is 61.9 Å². The lowest BCUT2D eigenvalue weighted by molar-refractivity contribution is 0.618. The Morgan fingerprint density at radius 1 is 1.38 bits per heavy atom. The predicted molar refractivity (Wildman–Crippen MR) is 85.8 cm³/mol. The van der Waals surface area contributed by atoms with Crippen LogP contribution < -0.4 is 11.1 Å². The molecule has 0 aliphatic rings. The lowest BCUT2D eigenvalue weighted by atomic mass is 10.1. The average Bonchev–Trinajstić information content (AvgIpc) is 2.47. The van der Waals surface area contributed by atoms with Gasteiger partial charge in [-0.25, -0.2) is 4.39 Å². The third-order valence-corrected chi connectivity index (χ3v) is 3.39. The number of nitrogens with one attached hydrogen (secondary N) is 2. The summed E-state index contributed by atoms with van der Waals surface area (Å²) in [6, 6.07) is 10.5. The van der Waals surface area contributed by atoms with E-state index >= 15 is 0 Å². The normalized spacial score (nSPS) is 10.2. The summed E-state index contributed by atoms with van der Waals surface area (Å²) in [6.07, 6.45) is 1.24. The first-order chi connectivity index (χ1) is 10.0. The zero-order valence-corrected chi connectivity index (χ0v) is 11.9. The molecule has 108 valence electrons. The maximum absolute atomic E-state index is 13.6. The second-order valence-electron chi connectivity index (χ2n) is 4.86. The molecular formula is C17H18FN3. The highest BCUT2D eigenvalue weighted by atomic mass is 19.1. The van der Waals surface area contributed by atoms with Crippen molar-refractivity contribution in [1.29, 1.82) is 5.41 Å². The molecule has 0 bridgehead atoms. The highest BCUT2D eigenvalue weighted by Crippen LogP contribution is 2.18. The number of nitrogen functional groups attached to an aromatic ring is 1. The van der Waals surface area contributed by atoms with Gasteiger partial charge in [-0.2, -0.15) is 0 Å². The Kier molecular flexibility index (Phi) is 4.38. The number of rotatable bonds is 5. The van der Waals surface area contributed by atoms with E-state index in [4.69, 9.17) is 11.1 Å². The summed E-state index contributed by atoms with van der Waals surface area (Å²) in [4.78, 5) is 0. The summed E-state index contributed by atoms with van der Waals surface area (Å²) in [5.41, 5.74) is 9.93. The van der Waals surface area contributed by atoms with E-state index in [1.165, 1.54) is 12.3 Å². The van der Waals surface area contributed by atoms with Gasteiger partial charge in [0.1, 0.15) is 5.82 Å². The third kappa shape index (κ3) is 3.28. The maximum atomic E-state index is 13.6. The van der Waals surface area contributed by atoms with Gasteiger partial charge in [0.2, 0.25) is 0 Å². The summed E-state index contributed by atoms with van der Waals surface area (Å²) in [7, 11) is 0. The largest absolute Gasteiger partial charge is 0.398 e. The Labute approximate surface area is 123 Å². The summed E-state index contributed by atoms with van der Waals surface area (Å²) in [6.45, 7) is 6.12. The highest BCUT2D eigenvalue weighted by molar-refractivity contribution is 5.87. The number of halogens is 1. The first-order valence-electron chi connectivity index (χ1n) is 6.60. The predicted octanol–water partition coefficient (Wildman–Crippen LogP) is 3.47. The summed E-state index contributed by atoms with van der Waals surface area (Å²) < 4.78 is 13.6.